The lowest BCUT2D eigenvalue weighted by atomic mass is 10.2. The normalized spacial score (nSPS) is 16.4. The molecule has 0 aliphatic carbocycles. The summed E-state index contributed by atoms with van der Waals surface area (Å²) in [7, 11) is -3.28. The van der Waals surface area contributed by atoms with E-state index < -0.39 is 21.4 Å². The molecule has 2 heterocycles. The van der Waals surface area contributed by atoms with E-state index in [0.29, 0.717) is 0 Å². The average molecular weight is 462 g/mol. The van der Waals surface area contributed by atoms with Gasteiger partial charge >= 0.3 is 0 Å². The number of aromatic nitrogens is 2. The lowest BCUT2D eigenvalue weighted by molar-refractivity contribution is -0.122. The standard InChI is InChI=1S/C17H21F2N5O4S2/c1-28-15-8-13(23-30(2,26,27)24-7-6-20-14(25)9-24)21-17(22-15)29-10-11-4-3-5-12(18)16(11)19/h3-5,8H,6-7,9-10H2,1-2H3,(H,20,25)(H2,21,22,23,26,27). The van der Waals surface area contributed by atoms with Crippen molar-refractivity contribution in [2.24, 2.45) is 0 Å². The van der Waals surface area contributed by atoms with E-state index in [-0.39, 0.29) is 53.7 Å². The lowest BCUT2D eigenvalue weighted by Gasteiger charge is -2.49. The molecule has 0 bridgehead atoms. The Morgan fingerprint density at radius 3 is 2.87 bits per heavy atom. The summed E-state index contributed by atoms with van der Waals surface area (Å²) in [6.07, 6.45) is 1.08. The summed E-state index contributed by atoms with van der Waals surface area (Å²) in [4.78, 5) is 19.9. The third-order valence-electron chi connectivity index (χ3n) is 4.23. The van der Waals surface area contributed by atoms with Gasteiger partial charge in [0.25, 0.3) is 0 Å². The number of amides is 1. The lowest BCUT2D eigenvalue weighted by Crippen LogP contribution is -2.62. The molecule has 0 unspecified atom stereocenters. The van der Waals surface area contributed by atoms with Crippen LogP contribution in [0.4, 0.5) is 14.6 Å². The number of carbonyl (C=O) groups excluding carboxylic acids is 1. The number of methoxy groups -OCH3 is 1. The maximum atomic E-state index is 13.9. The summed E-state index contributed by atoms with van der Waals surface area (Å²) in [6, 6.07) is 5.18. The van der Waals surface area contributed by atoms with Gasteiger partial charge in [-0.15, -0.1) is 0 Å². The molecule has 13 heteroatoms. The van der Waals surface area contributed by atoms with Gasteiger partial charge in [-0.25, -0.2) is 13.8 Å². The minimum absolute atomic E-state index is 0.0166. The topological polar surface area (TPSA) is 117 Å². The fourth-order valence-corrected chi connectivity index (χ4v) is 5.20. The Bertz CT molecular complexity index is 1030. The number of anilines is 1. The summed E-state index contributed by atoms with van der Waals surface area (Å²) >= 11 is 1.00. The second kappa shape index (κ2) is 8.41. The van der Waals surface area contributed by atoms with Gasteiger partial charge in [-0.2, -0.15) is 13.5 Å². The molecule has 1 saturated heterocycles. The number of ether oxygens (including phenoxy) is 1. The molecule has 3 rings (SSSR count). The highest BCUT2D eigenvalue weighted by Gasteiger charge is 2.34. The third-order valence-corrected chi connectivity index (χ3v) is 7.33. The first-order chi connectivity index (χ1) is 14.1. The molecule has 1 aliphatic rings. The van der Waals surface area contributed by atoms with Crippen LogP contribution < -0.4 is 14.8 Å². The largest absolute Gasteiger partial charge is 0.481 e. The van der Waals surface area contributed by atoms with Crippen molar-refractivity contribution in [2.45, 2.75) is 10.9 Å². The highest BCUT2D eigenvalue weighted by Crippen LogP contribution is 2.30. The van der Waals surface area contributed by atoms with Gasteiger partial charge in [-0.05, 0) is 6.07 Å². The molecular formula is C17H21F2N5O4S2. The first-order valence-corrected chi connectivity index (χ1v) is 12.0. The maximum absolute atomic E-state index is 13.9. The first kappa shape index (κ1) is 22.3. The van der Waals surface area contributed by atoms with Gasteiger partial charge in [0.2, 0.25) is 11.8 Å². The Morgan fingerprint density at radius 2 is 2.17 bits per heavy atom. The van der Waals surface area contributed by atoms with Crippen molar-refractivity contribution < 1.29 is 27.1 Å². The van der Waals surface area contributed by atoms with Crippen LogP contribution in [0.5, 0.6) is 5.88 Å². The molecule has 1 aromatic carbocycles. The summed E-state index contributed by atoms with van der Waals surface area (Å²) in [5, 5.41) is 2.71. The number of hydrogen-bond donors (Lipinski definition) is 3. The molecule has 30 heavy (non-hydrogen) atoms. The zero-order valence-corrected chi connectivity index (χ0v) is 17.9. The van der Waals surface area contributed by atoms with Gasteiger partial charge in [0.1, 0.15) is 0 Å². The monoisotopic (exact) mass is 461 g/mol. The molecule has 9 nitrogen and oxygen atoms in total. The van der Waals surface area contributed by atoms with Gasteiger partial charge in [-0.1, -0.05) is 33.6 Å². The molecule has 1 aliphatic heterocycles. The molecule has 3 N–H and O–H groups in total. The van der Waals surface area contributed by atoms with E-state index in [1.54, 1.807) is 0 Å². The molecule has 0 spiro atoms. The second-order valence-corrected chi connectivity index (χ2v) is 10.8. The summed E-state index contributed by atoms with van der Waals surface area (Å²) in [6.45, 7) is 0.144. The fourth-order valence-electron chi connectivity index (χ4n) is 2.72. The fraction of sp³-hybridized carbons (Fsp3) is 0.353. The SMILES string of the molecule is COc1cc(NS(C)(=O)(O)N2CCNC(=O)C2)nc(SCc2cccc(F)c2F)n1. The predicted molar refractivity (Wildman–Crippen MR) is 109 cm³/mol. The minimum atomic E-state index is -4.64. The summed E-state index contributed by atoms with van der Waals surface area (Å²) in [5.74, 6) is -2.16. The van der Waals surface area contributed by atoms with Crippen molar-refractivity contribution in [3.8, 4) is 5.88 Å². The van der Waals surface area contributed by atoms with Crippen LogP contribution in [0.25, 0.3) is 0 Å². The van der Waals surface area contributed by atoms with Gasteiger partial charge in [0, 0.05) is 30.5 Å². The quantitative estimate of drug-likeness (QED) is 0.424. The Labute approximate surface area is 176 Å². The molecule has 164 valence electrons. The Balaban J connectivity index is 1.82. The van der Waals surface area contributed by atoms with E-state index in [9.17, 15) is 22.3 Å². The van der Waals surface area contributed by atoms with Crippen LogP contribution in [0.2, 0.25) is 0 Å². The van der Waals surface area contributed by atoms with Crippen molar-refractivity contribution in [2.75, 3.05) is 37.7 Å². The van der Waals surface area contributed by atoms with Gasteiger partial charge in [0.05, 0.1) is 19.9 Å². The van der Waals surface area contributed by atoms with Crippen LogP contribution in [0.1, 0.15) is 5.56 Å². The second-order valence-electron chi connectivity index (χ2n) is 6.63. The van der Waals surface area contributed by atoms with Crippen LogP contribution in [0, 0.1) is 11.6 Å². The third kappa shape index (κ3) is 5.22. The molecule has 0 radical (unpaired) electrons. The molecule has 1 amide bonds. The van der Waals surface area contributed by atoms with Crippen LogP contribution in [-0.4, -0.2) is 61.9 Å². The number of halogens is 2. The highest BCUT2D eigenvalue weighted by molar-refractivity contribution is 8.13. The number of carbonyl (C=O) groups is 1. The van der Waals surface area contributed by atoms with Crippen LogP contribution in [-0.2, 0) is 20.3 Å². The average Bonchev–Trinajstić information content (AvgIpc) is 2.68. The molecule has 1 aromatic heterocycles. The number of benzene rings is 1. The number of rotatable bonds is 7. The smallest absolute Gasteiger partial charge is 0.236 e. The molecule has 0 atom stereocenters. The van der Waals surface area contributed by atoms with Crippen molar-refractivity contribution in [3.05, 3.63) is 41.5 Å². The molecule has 2 aromatic rings. The molecular weight excluding hydrogens is 440 g/mol. The number of nitrogens with zero attached hydrogens (tertiary/aromatic N) is 3. The van der Waals surface area contributed by atoms with E-state index in [2.05, 4.69) is 20.0 Å². The maximum Gasteiger partial charge on any atom is 0.236 e. The molecule has 1 fully saturated rings. The number of piperazine rings is 1. The van der Waals surface area contributed by atoms with E-state index in [1.807, 2.05) is 0 Å². The first-order valence-electron chi connectivity index (χ1n) is 8.74. The van der Waals surface area contributed by atoms with Gasteiger partial charge in [0.15, 0.2) is 22.6 Å². The Hall–Kier alpha value is -2.35. The van der Waals surface area contributed by atoms with Crippen LogP contribution >= 0.6 is 11.8 Å². The van der Waals surface area contributed by atoms with Crippen molar-refractivity contribution in [1.29, 1.82) is 0 Å². The zero-order valence-electron chi connectivity index (χ0n) is 16.2. The highest BCUT2D eigenvalue weighted by atomic mass is 32.3. The zero-order chi connectivity index (χ0) is 22.0. The predicted octanol–water partition coefficient (Wildman–Crippen LogP) is 1.65. The van der Waals surface area contributed by atoms with Crippen molar-refractivity contribution >= 4 is 33.2 Å². The van der Waals surface area contributed by atoms with Gasteiger partial charge < -0.3 is 10.1 Å². The van der Waals surface area contributed by atoms with E-state index >= 15 is 0 Å². The number of hydrogen-bond acceptors (Lipinski definition) is 6. The van der Waals surface area contributed by atoms with E-state index in [4.69, 9.17) is 4.74 Å². The Kier molecular flexibility index (Phi) is 6.26. The summed E-state index contributed by atoms with van der Waals surface area (Å²) < 4.78 is 60.0. The van der Waals surface area contributed by atoms with Crippen LogP contribution in [0.3, 0.4) is 0 Å². The van der Waals surface area contributed by atoms with Crippen molar-refractivity contribution in [3.63, 3.8) is 0 Å². The minimum Gasteiger partial charge on any atom is -0.481 e. The van der Waals surface area contributed by atoms with E-state index in [0.717, 1.165) is 28.4 Å². The van der Waals surface area contributed by atoms with Crippen molar-refractivity contribution in [1.82, 2.24) is 19.6 Å². The number of nitrogens with one attached hydrogen (secondary N) is 2. The number of thioether (sulfide) groups is 1. The summed E-state index contributed by atoms with van der Waals surface area (Å²) in [5.41, 5.74) is 0.125. The van der Waals surface area contributed by atoms with E-state index in [1.165, 1.54) is 25.3 Å². The van der Waals surface area contributed by atoms with Gasteiger partial charge in [-0.3, -0.25) is 14.1 Å². The van der Waals surface area contributed by atoms with Crippen LogP contribution in [0.15, 0.2) is 29.4 Å². The Morgan fingerprint density at radius 1 is 1.40 bits per heavy atom. The molecule has 0 saturated carbocycles.